The fourth-order valence-electron chi connectivity index (χ4n) is 2.25. The molecule has 0 heterocycles. The normalized spacial score (nSPS) is 18.1. The fraction of sp³-hybridized carbons (Fsp3) is 0.714. The zero-order valence-electron chi connectivity index (χ0n) is 12.0. The van der Waals surface area contributed by atoms with Crippen molar-refractivity contribution < 1.29 is 0 Å². The zero-order valence-corrected chi connectivity index (χ0v) is 13.9. The topological polar surface area (TPSA) is 0 Å². The minimum absolute atomic E-state index is 0.861. The minimum atomic E-state index is -1.27. The molecule has 0 aliphatic carbocycles. The second-order valence-electron chi connectivity index (χ2n) is 5.14. The average molecular weight is 260 g/mol. The number of hydrogen-bond acceptors (Lipinski definition) is 1. The van der Waals surface area contributed by atoms with E-state index in [4.69, 9.17) is 0 Å². The van der Waals surface area contributed by atoms with E-state index in [0.717, 1.165) is 5.66 Å². The number of thiol groups is 1. The van der Waals surface area contributed by atoms with Crippen LogP contribution < -0.4 is 0 Å². The van der Waals surface area contributed by atoms with Gasteiger partial charge < -0.3 is 0 Å². The third-order valence-electron chi connectivity index (χ3n) is 4.64. The van der Waals surface area contributed by atoms with Crippen molar-refractivity contribution >= 4 is 19.9 Å². The molecule has 16 heavy (non-hydrogen) atoms. The Morgan fingerprint density at radius 3 is 2.06 bits per heavy atom. The molecule has 0 aliphatic rings. The number of allylic oxidation sites excluding steroid dienone is 3. The Kier molecular flexibility index (Phi) is 6.98. The summed E-state index contributed by atoms with van der Waals surface area (Å²) in [4.78, 5) is 0. The van der Waals surface area contributed by atoms with Gasteiger partial charge in [-0.1, -0.05) is 0 Å². The Morgan fingerprint density at radius 1 is 1.25 bits per heavy atom. The van der Waals surface area contributed by atoms with Gasteiger partial charge in [0.15, 0.2) is 0 Å². The van der Waals surface area contributed by atoms with Gasteiger partial charge in [-0.2, -0.15) is 0 Å². The van der Waals surface area contributed by atoms with Gasteiger partial charge in [-0.25, -0.2) is 0 Å². The van der Waals surface area contributed by atoms with Gasteiger partial charge in [0.05, 0.1) is 0 Å². The molecule has 0 bridgehead atoms. The molecule has 0 fully saturated rings. The van der Waals surface area contributed by atoms with Gasteiger partial charge >= 0.3 is 108 Å². The molecule has 0 aromatic heterocycles. The summed E-state index contributed by atoms with van der Waals surface area (Å²) in [7, 11) is -1.27. The molecule has 0 N–H and O–H groups in total. The maximum absolute atomic E-state index is 4.27. The fourth-order valence-corrected chi connectivity index (χ4v) is 6.37. The standard InChI is InChI=1S/C14H29PS/c1-8-12(4)15(7,9-2)14(6)13(5)11(3)10-16/h10,12,15-16H,8-9H2,1-7H3/b11-10+,14-13+. The van der Waals surface area contributed by atoms with Crippen molar-refractivity contribution in [1.82, 2.24) is 0 Å². The molecule has 0 aromatic carbocycles. The molecular formula is C14H29PS. The SMILES string of the molecule is CCC(C)[PH](C)(CC)/C(C)=C(C)/C(C)=C/S. The second-order valence-corrected chi connectivity index (χ2v) is 10.7. The summed E-state index contributed by atoms with van der Waals surface area (Å²) in [5.74, 6) is 0. The molecule has 1 unspecified atom stereocenters. The molecule has 0 rings (SSSR count). The monoisotopic (exact) mass is 260 g/mol. The van der Waals surface area contributed by atoms with Crippen LogP contribution in [-0.4, -0.2) is 18.5 Å². The van der Waals surface area contributed by atoms with Crippen molar-refractivity contribution in [3.05, 3.63) is 21.9 Å². The molecular weight excluding hydrogens is 231 g/mol. The van der Waals surface area contributed by atoms with Crippen molar-refractivity contribution in [2.75, 3.05) is 12.8 Å². The van der Waals surface area contributed by atoms with Gasteiger partial charge in [0.25, 0.3) is 0 Å². The van der Waals surface area contributed by atoms with E-state index in [9.17, 15) is 0 Å². The molecule has 0 aromatic rings. The van der Waals surface area contributed by atoms with E-state index in [1.54, 1.807) is 5.31 Å². The summed E-state index contributed by atoms with van der Waals surface area (Å²) in [6.45, 7) is 16.4. The van der Waals surface area contributed by atoms with Crippen LogP contribution in [0, 0.1) is 0 Å². The molecule has 0 radical (unpaired) electrons. The Morgan fingerprint density at radius 2 is 1.75 bits per heavy atom. The first kappa shape index (κ1) is 16.3. The summed E-state index contributed by atoms with van der Waals surface area (Å²) in [5, 5.41) is 3.59. The van der Waals surface area contributed by atoms with Crippen molar-refractivity contribution in [1.29, 1.82) is 0 Å². The predicted molar refractivity (Wildman–Crippen MR) is 85.7 cm³/mol. The van der Waals surface area contributed by atoms with E-state index >= 15 is 0 Å². The van der Waals surface area contributed by atoms with Crippen LogP contribution in [0.4, 0.5) is 0 Å². The van der Waals surface area contributed by atoms with E-state index < -0.39 is 7.26 Å². The van der Waals surface area contributed by atoms with Gasteiger partial charge in [-0.05, 0) is 0 Å². The van der Waals surface area contributed by atoms with Crippen molar-refractivity contribution in [2.24, 2.45) is 0 Å². The van der Waals surface area contributed by atoms with Crippen LogP contribution in [0.3, 0.4) is 0 Å². The van der Waals surface area contributed by atoms with Crippen molar-refractivity contribution in [3.8, 4) is 0 Å². The van der Waals surface area contributed by atoms with Crippen molar-refractivity contribution in [3.63, 3.8) is 0 Å². The van der Waals surface area contributed by atoms with E-state index in [1.165, 1.54) is 23.7 Å². The van der Waals surface area contributed by atoms with Crippen LogP contribution in [0.25, 0.3) is 0 Å². The summed E-state index contributed by atoms with van der Waals surface area (Å²) < 4.78 is 0. The van der Waals surface area contributed by atoms with Gasteiger partial charge in [0.1, 0.15) is 0 Å². The zero-order chi connectivity index (χ0) is 12.9. The van der Waals surface area contributed by atoms with E-state index in [0.29, 0.717) is 0 Å². The Labute approximate surface area is 108 Å². The molecule has 0 aliphatic heterocycles. The summed E-state index contributed by atoms with van der Waals surface area (Å²) >= 11 is 4.27. The van der Waals surface area contributed by atoms with Crippen LogP contribution in [0.1, 0.15) is 48.0 Å². The number of hydrogen-bond donors (Lipinski definition) is 1. The third kappa shape index (κ3) is 3.37. The van der Waals surface area contributed by atoms with E-state index in [1.807, 2.05) is 5.41 Å². The molecule has 0 amide bonds. The molecule has 0 spiro atoms. The number of rotatable bonds is 5. The molecule has 0 nitrogen and oxygen atoms in total. The molecule has 0 saturated heterocycles. The first-order chi connectivity index (χ1) is 7.34. The summed E-state index contributed by atoms with van der Waals surface area (Å²) in [6.07, 6.45) is 2.63. The van der Waals surface area contributed by atoms with Gasteiger partial charge in [0.2, 0.25) is 0 Å². The molecule has 2 heteroatoms. The van der Waals surface area contributed by atoms with E-state index in [2.05, 4.69) is 60.8 Å². The average Bonchev–Trinajstić information content (AvgIpc) is 2.33. The van der Waals surface area contributed by atoms with Crippen LogP contribution in [0.5, 0.6) is 0 Å². The predicted octanol–water partition coefficient (Wildman–Crippen LogP) is 5.31. The Hall–Kier alpha value is 0.260. The van der Waals surface area contributed by atoms with Crippen LogP contribution in [0.15, 0.2) is 21.9 Å². The van der Waals surface area contributed by atoms with Crippen LogP contribution in [-0.2, 0) is 0 Å². The van der Waals surface area contributed by atoms with Gasteiger partial charge in [-0.3, -0.25) is 0 Å². The van der Waals surface area contributed by atoms with Gasteiger partial charge in [0, 0.05) is 0 Å². The van der Waals surface area contributed by atoms with Crippen LogP contribution in [0.2, 0.25) is 0 Å². The second kappa shape index (κ2) is 6.87. The molecule has 1 atom stereocenters. The summed E-state index contributed by atoms with van der Waals surface area (Å²) in [6, 6.07) is 0. The molecule has 96 valence electrons. The third-order valence-corrected chi connectivity index (χ3v) is 11.2. The van der Waals surface area contributed by atoms with Gasteiger partial charge in [-0.15, -0.1) is 0 Å². The van der Waals surface area contributed by atoms with Crippen molar-refractivity contribution in [2.45, 2.75) is 53.6 Å². The first-order valence-corrected chi connectivity index (χ1v) is 9.64. The van der Waals surface area contributed by atoms with E-state index in [-0.39, 0.29) is 0 Å². The quantitative estimate of drug-likeness (QED) is 0.386. The summed E-state index contributed by atoms with van der Waals surface area (Å²) in [5.41, 5.74) is 3.64. The Bertz CT molecular complexity index is 291. The Balaban J connectivity index is 5.42. The maximum atomic E-state index is 4.27. The first-order valence-electron chi connectivity index (χ1n) is 6.34. The molecule has 0 saturated carbocycles. The van der Waals surface area contributed by atoms with Crippen LogP contribution >= 0.6 is 19.9 Å².